The van der Waals surface area contributed by atoms with Gasteiger partial charge in [0.15, 0.2) is 5.78 Å². The van der Waals surface area contributed by atoms with Crippen LogP contribution in [0.25, 0.3) is 0 Å². The SMILES string of the molecule is O=C(CC1CNCCC1c1cccc(F)c1)c1ccc2c(c1)C(c1ccncc1)=NC2. The lowest BCUT2D eigenvalue weighted by Crippen LogP contribution is -2.36. The first kappa shape index (κ1) is 19.8. The number of ketones is 1. The van der Waals surface area contributed by atoms with Gasteiger partial charge in [-0.1, -0.05) is 24.3 Å². The number of pyridine rings is 1. The van der Waals surface area contributed by atoms with Gasteiger partial charge in [0.1, 0.15) is 5.82 Å². The van der Waals surface area contributed by atoms with Crippen molar-refractivity contribution in [1.82, 2.24) is 10.3 Å². The average Bonchev–Trinajstić information content (AvgIpc) is 3.23. The molecule has 4 nitrogen and oxygen atoms in total. The van der Waals surface area contributed by atoms with E-state index in [1.165, 1.54) is 6.07 Å². The number of benzene rings is 2. The second kappa shape index (κ2) is 8.52. The maximum absolute atomic E-state index is 13.8. The Balaban J connectivity index is 1.38. The first-order valence-corrected chi connectivity index (χ1v) is 10.8. The molecule has 2 unspecified atom stereocenters. The van der Waals surface area contributed by atoms with Crippen molar-refractivity contribution in [2.75, 3.05) is 13.1 Å². The summed E-state index contributed by atoms with van der Waals surface area (Å²) in [6.45, 7) is 2.29. The largest absolute Gasteiger partial charge is 0.316 e. The van der Waals surface area contributed by atoms with Gasteiger partial charge in [0.05, 0.1) is 12.3 Å². The Morgan fingerprint density at radius 1 is 1.10 bits per heavy atom. The molecule has 2 aromatic carbocycles. The molecule has 0 saturated carbocycles. The van der Waals surface area contributed by atoms with Gasteiger partial charge < -0.3 is 5.32 Å². The Bertz CT molecular complexity index is 1140. The van der Waals surface area contributed by atoms with Crippen LogP contribution in [0.2, 0.25) is 0 Å². The van der Waals surface area contributed by atoms with Crippen molar-refractivity contribution in [2.24, 2.45) is 10.9 Å². The molecule has 3 aromatic rings. The summed E-state index contributed by atoms with van der Waals surface area (Å²) in [7, 11) is 0. The van der Waals surface area contributed by atoms with Crippen LogP contribution in [0.4, 0.5) is 4.39 Å². The zero-order chi connectivity index (χ0) is 21.2. The van der Waals surface area contributed by atoms with E-state index in [1.54, 1.807) is 24.5 Å². The van der Waals surface area contributed by atoms with Crippen LogP contribution >= 0.6 is 0 Å². The molecule has 2 aliphatic rings. The molecule has 5 rings (SSSR count). The van der Waals surface area contributed by atoms with Crippen LogP contribution in [0, 0.1) is 11.7 Å². The summed E-state index contributed by atoms with van der Waals surface area (Å²) in [5, 5.41) is 3.41. The van der Waals surface area contributed by atoms with E-state index in [9.17, 15) is 9.18 Å². The number of piperidine rings is 1. The van der Waals surface area contributed by atoms with Crippen LogP contribution in [0.15, 0.2) is 72.0 Å². The average molecular weight is 413 g/mol. The lowest BCUT2D eigenvalue weighted by Gasteiger charge is -2.32. The highest BCUT2D eigenvalue weighted by Gasteiger charge is 2.29. The van der Waals surface area contributed by atoms with Gasteiger partial charge >= 0.3 is 0 Å². The highest BCUT2D eigenvalue weighted by atomic mass is 19.1. The Hall–Kier alpha value is -3.18. The van der Waals surface area contributed by atoms with E-state index in [-0.39, 0.29) is 23.4 Å². The van der Waals surface area contributed by atoms with Crippen LogP contribution in [0.3, 0.4) is 0 Å². The fourth-order valence-corrected chi connectivity index (χ4v) is 4.78. The number of carbonyl (C=O) groups is 1. The number of rotatable bonds is 5. The minimum absolute atomic E-state index is 0.124. The summed E-state index contributed by atoms with van der Waals surface area (Å²) in [4.78, 5) is 22.0. The summed E-state index contributed by atoms with van der Waals surface area (Å²) in [5.74, 6) is 0.232. The third kappa shape index (κ3) is 4.06. The summed E-state index contributed by atoms with van der Waals surface area (Å²) in [6, 6.07) is 16.6. The molecule has 31 heavy (non-hydrogen) atoms. The molecule has 3 heterocycles. The van der Waals surface area contributed by atoms with E-state index < -0.39 is 0 Å². The molecule has 2 atom stereocenters. The monoisotopic (exact) mass is 413 g/mol. The molecule has 1 saturated heterocycles. The van der Waals surface area contributed by atoms with Gasteiger partial charge in [0.2, 0.25) is 0 Å². The Kier molecular flexibility index (Phi) is 5.43. The first-order valence-electron chi connectivity index (χ1n) is 10.8. The van der Waals surface area contributed by atoms with Crippen molar-refractivity contribution >= 4 is 11.5 Å². The first-order chi connectivity index (χ1) is 15.2. The molecule has 1 N–H and O–H groups in total. The van der Waals surface area contributed by atoms with Crippen LogP contribution in [0.1, 0.15) is 51.4 Å². The zero-order valence-corrected chi connectivity index (χ0v) is 17.2. The second-order valence-corrected chi connectivity index (χ2v) is 8.31. The predicted molar refractivity (Wildman–Crippen MR) is 119 cm³/mol. The van der Waals surface area contributed by atoms with E-state index in [1.807, 2.05) is 36.4 Å². The van der Waals surface area contributed by atoms with Gasteiger partial charge in [0.25, 0.3) is 0 Å². The maximum atomic E-state index is 13.8. The number of fused-ring (bicyclic) bond motifs is 1. The number of carbonyl (C=O) groups excluding carboxylic acids is 1. The molecule has 1 fully saturated rings. The fourth-order valence-electron chi connectivity index (χ4n) is 4.78. The van der Waals surface area contributed by atoms with Crippen LogP contribution in [0.5, 0.6) is 0 Å². The van der Waals surface area contributed by atoms with Crippen molar-refractivity contribution < 1.29 is 9.18 Å². The number of aliphatic imine (C=N–C) groups is 1. The van der Waals surface area contributed by atoms with Gasteiger partial charge in [-0.25, -0.2) is 4.39 Å². The van der Waals surface area contributed by atoms with Crippen LogP contribution in [-0.2, 0) is 6.54 Å². The Morgan fingerprint density at radius 3 is 2.81 bits per heavy atom. The second-order valence-electron chi connectivity index (χ2n) is 8.31. The van der Waals surface area contributed by atoms with Gasteiger partial charge in [-0.05, 0) is 72.8 Å². The highest BCUT2D eigenvalue weighted by Crippen LogP contribution is 2.34. The molecule has 156 valence electrons. The minimum Gasteiger partial charge on any atom is -0.316 e. The topological polar surface area (TPSA) is 54.4 Å². The molecule has 1 aromatic heterocycles. The molecule has 2 aliphatic heterocycles. The van der Waals surface area contributed by atoms with Crippen molar-refractivity contribution in [3.63, 3.8) is 0 Å². The third-order valence-corrected chi connectivity index (χ3v) is 6.38. The van der Waals surface area contributed by atoms with E-state index in [0.717, 1.165) is 47.5 Å². The van der Waals surface area contributed by atoms with Gasteiger partial charge in [-0.15, -0.1) is 0 Å². The molecular formula is C26H24FN3O. The van der Waals surface area contributed by atoms with E-state index in [4.69, 9.17) is 0 Å². The predicted octanol–water partition coefficient (Wildman–Crippen LogP) is 4.54. The van der Waals surface area contributed by atoms with Crippen molar-refractivity contribution in [3.05, 3.63) is 101 Å². The Morgan fingerprint density at radius 2 is 1.97 bits per heavy atom. The molecule has 5 heteroatoms. The molecule has 0 radical (unpaired) electrons. The van der Waals surface area contributed by atoms with E-state index in [0.29, 0.717) is 18.5 Å². The van der Waals surface area contributed by atoms with Crippen LogP contribution in [-0.4, -0.2) is 29.6 Å². The molecule has 0 spiro atoms. The van der Waals surface area contributed by atoms with Gasteiger partial charge in [-0.2, -0.15) is 0 Å². The molecular weight excluding hydrogens is 389 g/mol. The quantitative estimate of drug-likeness (QED) is 0.625. The number of aromatic nitrogens is 1. The summed E-state index contributed by atoms with van der Waals surface area (Å²) < 4.78 is 13.8. The third-order valence-electron chi connectivity index (χ3n) is 6.38. The zero-order valence-electron chi connectivity index (χ0n) is 17.2. The van der Waals surface area contributed by atoms with Crippen molar-refractivity contribution in [3.8, 4) is 0 Å². The summed E-state index contributed by atoms with van der Waals surface area (Å²) in [5.41, 5.74) is 5.80. The smallest absolute Gasteiger partial charge is 0.163 e. The molecule has 0 amide bonds. The van der Waals surface area contributed by atoms with Crippen molar-refractivity contribution in [1.29, 1.82) is 0 Å². The lowest BCUT2D eigenvalue weighted by atomic mass is 9.78. The minimum atomic E-state index is -0.220. The normalized spacial score (nSPS) is 20.2. The van der Waals surface area contributed by atoms with Gasteiger partial charge in [0, 0.05) is 35.5 Å². The number of hydrogen-bond acceptors (Lipinski definition) is 4. The number of Topliss-reactive ketones (excluding diaryl/α,β-unsaturated/α-hetero) is 1. The summed E-state index contributed by atoms with van der Waals surface area (Å²) >= 11 is 0. The van der Waals surface area contributed by atoms with Crippen molar-refractivity contribution in [2.45, 2.75) is 25.3 Å². The number of halogens is 1. The number of nitrogens with zero attached hydrogens (tertiary/aromatic N) is 2. The van der Waals surface area contributed by atoms with Gasteiger partial charge in [-0.3, -0.25) is 14.8 Å². The summed E-state index contributed by atoms with van der Waals surface area (Å²) in [6.07, 6.45) is 4.86. The maximum Gasteiger partial charge on any atom is 0.163 e. The fraction of sp³-hybridized carbons (Fsp3) is 0.269. The lowest BCUT2D eigenvalue weighted by molar-refractivity contribution is 0.0946. The van der Waals surface area contributed by atoms with E-state index in [2.05, 4.69) is 15.3 Å². The molecule has 0 bridgehead atoms. The number of nitrogens with one attached hydrogen (secondary N) is 1. The molecule has 0 aliphatic carbocycles. The standard InChI is InChI=1S/C26H24FN3O/c27-22-3-1-2-18(12-22)23-8-11-29-15-21(23)14-25(31)19-4-5-20-16-30-26(24(20)13-19)17-6-9-28-10-7-17/h1-7,9-10,12-13,21,23,29H,8,11,14-16H2. The number of hydrogen-bond donors (Lipinski definition) is 1. The van der Waals surface area contributed by atoms with E-state index >= 15 is 0 Å². The highest BCUT2D eigenvalue weighted by molar-refractivity contribution is 6.16. The van der Waals surface area contributed by atoms with Crippen LogP contribution < -0.4 is 5.32 Å². The Labute approximate surface area is 181 Å².